The standard InChI is InChI=1S/C31H60O5.H3N/c1-3-5-7-9-11-13-15-17-19-21-23-25-30(33)35-28-29(27-32)36-31(34)26-24-22-20-18-16-14-12-10-8-6-4-2;/h29,32H,3-28H2,1-2H3;1H3/t29-;/m0./s1. The summed E-state index contributed by atoms with van der Waals surface area (Å²) in [5, 5.41) is 9.46. The molecule has 0 radical (unpaired) electrons. The Balaban J connectivity index is 0. The summed E-state index contributed by atoms with van der Waals surface area (Å²) in [7, 11) is 0. The third-order valence-corrected chi connectivity index (χ3v) is 6.90. The quantitative estimate of drug-likeness (QED) is 0.0773. The third kappa shape index (κ3) is 29.3. The summed E-state index contributed by atoms with van der Waals surface area (Å²) >= 11 is 0. The molecular formula is C31H63NO5. The van der Waals surface area contributed by atoms with Gasteiger partial charge in [0.2, 0.25) is 0 Å². The number of aliphatic hydroxyl groups is 1. The summed E-state index contributed by atoms with van der Waals surface area (Å²) in [6.45, 7) is 4.11. The number of carbonyl (C=O) groups excluding carboxylic acids is 2. The zero-order chi connectivity index (χ0) is 26.5. The fourth-order valence-electron chi connectivity index (χ4n) is 4.49. The molecule has 0 aromatic carbocycles. The lowest BCUT2D eigenvalue weighted by atomic mass is 10.1. The van der Waals surface area contributed by atoms with Gasteiger partial charge in [0.25, 0.3) is 0 Å². The minimum absolute atomic E-state index is 0. The van der Waals surface area contributed by atoms with Crippen LogP contribution >= 0.6 is 0 Å². The van der Waals surface area contributed by atoms with Crippen molar-refractivity contribution in [2.75, 3.05) is 13.2 Å². The smallest absolute Gasteiger partial charge is 0.306 e. The number of carbonyl (C=O) groups is 2. The van der Waals surface area contributed by atoms with E-state index in [9.17, 15) is 14.7 Å². The average molecular weight is 530 g/mol. The summed E-state index contributed by atoms with van der Waals surface area (Å²) in [6.07, 6.45) is 27.2. The van der Waals surface area contributed by atoms with E-state index in [1.807, 2.05) is 0 Å². The van der Waals surface area contributed by atoms with Gasteiger partial charge in [0.05, 0.1) is 6.61 Å². The Bertz CT molecular complexity index is 486. The predicted octanol–water partition coefficient (Wildman–Crippen LogP) is 9.00. The maximum atomic E-state index is 12.0. The first-order valence-corrected chi connectivity index (χ1v) is 15.6. The first-order valence-electron chi connectivity index (χ1n) is 15.6. The number of hydrogen-bond acceptors (Lipinski definition) is 6. The SMILES string of the molecule is CCCCCCCCCCCCCC(=O)OC[C@H](CO)OC(=O)CCCCCCCCCCCCC.N. The van der Waals surface area contributed by atoms with E-state index in [0.717, 1.165) is 38.5 Å². The fraction of sp³-hybridized carbons (Fsp3) is 0.935. The van der Waals surface area contributed by atoms with Crippen LogP contribution in [0, 0.1) is 0 Å². The Morgan fingerprint density at radius 3 is 1.22 bits per heavy atom. The van der Waals surface area contributed by atoms with Crippen molar-refractivity contribution in [3.05, 3.63) is 0 Å². The van der Waals surface area contributed by atoms with Gasteiger partial charge in [-0.3, -0.25) is 9.59 Å². The molecule has 6 heteroatoms. The minimum atomic E-state index is -0.758. The molecule has 0 aliphatic heterocycles. The van der Waals surface area contributed by atoms with Gasteiger partial charge in [-0.1, -0.05) is 142 Å². The molecule has 0 aromatic heterocycles. The van der Waals surface area contributed by atoms with Crippen molar-refractivity contribution in [3.63, 3.8) is 0 Å². The van der Waals surface area contributed by atoms with Crippen LogP contribution in [0.5, 0.6) is 0 Å². The lowest BCUT2D eigenvalue weighted by Gasteiger charge is -2.15. The molecule has 0 heterocycles. The van der Waals surface area contributed by atoms with E-state index in [-0.39, 0.29) is 31.3 Å². The van der Waals surface area contributed by atoms with Gasteiger partial charge in [-0.2, -0.15) is 0 Å². The van der Waals surface area contributed by atoms with Crippen molar-refractivity contribution in [3.8, 4) is 0 Å². The summed E-state index contributed by atoms with van der Waals surface area (Å²) in [5.41, 5.74) is 0. The van der Waals surface area contributed by atoms with Crippen LogP contribution in [0.2, 0.25) is 0 Å². The number of ether oxygens (including phenoxy) is 2. The van der Waals surface area contributed by atoms with Crippen molar-refractivity contribution in [1.29, 1.82) is 0 Å². The molecular weight excluding hydrogens is 466 g/mol. The topological polar surface area (TPSA) is 108 Å². The van der Waals surface area contributed by atoms with Crippen LogP contribution in [-0.2, 0) is 19.1 Å². The molecule has 6 nitrogen and oxygen atoms in total. The van der Waals surface area contributed by atoms with Crippen LogP contribution in [-0.4, -0.2) is 36.4 Å². The van der Waals surface area contributed by atoms with Crippen LogP contribution in [0.15, 0.2) is 0 Å². The zero-order valence-corrected chi connectivity index (χ0v) is 24.7. The predicted molar refractivity (Wildman–Crippen MR) is 155 cm³/mol. The van der Waals surface area contributed by atoms with Gasteiger partial charge in [-0.15, -0.1) is 0 Å². The average Bonchev–Trinajstić information content (AvgIpc) is 2.88. The van der Waals surface area contributed by atoms with E-state index in [1.165, 1.54) is 103 Å². The van der Waals surface area contributed by atoms with Crippen molar-refractivity contribution in [2.45, 2.75) is 174 Å². The lowest BCUT2D eigenvalue weighted by molar-refractivity contribution is -0.161. The van der Waals surface area contributed by atoms with Crippen molar-refractivity contribution >= 4 is 11.9 Å². The van der Waals surface area contributed by atoms with E-state index in [4.69, 9.17) is 9.47 Å². The fourth-order valence-corrected chi connectivity index (χ4v) is 4.49. The van der Waals surface area contributed by atoms with E-state index in [1.54, 1.807) is 0 Å². The van der Waals surface area contributed by atoms with Crippen LogP contribution in [0.3, 0.4) is 0 Å². The summed E-state index contributed by atoms with van der Waals surface area (Å²) < 4.78 is 10.5. The summed E-state index contributed by atoms with van der Waals surface area (Å²) in [5.74, 6) is -0.586. The first kappa shape index (κ1) is 38.0. The van der Waals surface area contributed by atoms with Crippen molar-refractivity contribution in [1.82, 2.24) is 6.15 Å². The van der Waals surface area contributed by atoms with Crippen LogP contribution in [0.4, 0.5) is 0 Å². The highest BCUT2D eigenvalue weighted by atomic mass is 16.6. The van der Waals surface area contributed by atoms with Gasteiger partial charge in [0, 0.05) is 12.8 Å². The number of aliphatic hydroxyl groups excluding tert-OH is 1. The molecule has 0 aliphatic carbocycles. The van der Waals surface area contributed by atoms with Crippen LogP contribution in [0.25, 0.3) is 0 Å². The van der Waals surface area contributed by atoms with Gasteiger partial charge in [0.15, 0.2) is 6.10 Å². The maximum absolute atomic E-state index is 12.0. The van der Waals surface area contributed by atoms with Gasteiger partial charge < -0.3 is 20.7 Å². The molecule has 0 aliphatic rings. The van der Waals surface area contributed by atoms with Gasteiger partial charge in [-0.05, 0) is 12.8 Å². The normalized spacial score (nSPS) is 11.6. The minimum Gasteiger partial charge on any atom is -0.462 e. The molecule has 0 fully saturated rings. The van der Waals surface area contributed by atoms with E-state index < -0.39 is 6.10 Å². The molecule has 0 bridgehead atoms. The van der Waals surface area contributed by atoms with Gasteiger partial charge in [-0.25, -0.2) is 0 Å². The highest BCUT2D eigenvalue weighted by Crippen LogP contribution is 2.14. The van der Waals surface area contributed by atoms with Crippen LogP contribution < -0.4 is 6.15 Å². The Kier molecular flexibility index (Phi) is 31.9. The molecule has 1 atom stereocenters. The molecule has 0 aromatic rings. The monoisotopic (exact) mass is 529 g/mol. The van der Waals surface area contributed by atoms with Crippen molar-refractivity contribution in [2.24, 2.45) is 0 Å². The van der Waals surface area contributed by atoms with Gasteiger partial charge >= 0.3 is 11.9 Å². The summed E-state index contributed by atoms with van der Waals surface area (Å²) in [6, 6.07) is 0. The molecule has 4 N–H and O–H groups in total. The largest absolute Gasteiger partial charge is 0.462 e. The Morgan fingerprint density at radius 1 is 0.541 bits per heavy atom. The Hall–Kier alpha value is -1.14. The number of esters is 2. The third-order valence-electron chi connectivity index (χ3n) is 6.90. The molecule has 0 saturated heterocycles. The molecule has 0 rings (SSSR count). The number of hydrogen-bond donors (Lipinski definition) is 2. The first-order chi connectivity index (χ1) is 17.6. The van der Waals surface area contributed by atoms with E-state index in [2.05, 4.69) is 13.8 Å². The van der Waals surface area contributed by atoms with Gasteiger partial charge in [0.1, 0.15) is 6.61 Å². The molecule has 0 unspecified atom stereocenters. The molecule has 0 spiro atoms. The number of rotatable bonds is 28. The second-order valence-electron chi connectivity index (χ2n) is 10.5. The summed E-state index contributed by atoms with van der Waals surface area (Å²) in [4.78, 5) is 24.0. The molecule has 37 heavy (non-hydrogen) atoms. The highest BCUT2D eigenvalue weighted by Gasteiger charge is 2.16. The second kappa shape index (κ2) is 31.1. The van der Waals surface area contributed by atoms with E-state index >= 15 is 0 Å². The highest BCUT2D eigenvalue weighted by molar-refractivity contribution is 5.70. The zero-order valence-electron chi connectivity index (χ0n) is 24.7. The Labute approximate surface area is 229 Å². The molecule has 222 valence electrons. The molecule has 0 amide bonds. The van der Waals surface area contributed by atoms with Crippen LogP contribution in [0.1, 0.15) is 168 Å². The van der Waals surface area contributed by atoms with Crippen molar-refractivity contribution < 1.29 is 24.2 Å². The second-order valence-corrected chi connectivity index (χ2v) is 10.5. The molecule has 0 saturated carbocycles. The lowest BCUT2D eigenvalue weighted by Crippen LogP contribution is -2.28. The van der Waals surface area contributed by atoms with E-state index in [0.29, 0.717) is 12.8 Å². The number of unbranched alkanes of at least 4 members (excludes halogenated alkanes) is 20. The Morgan fingerprint density at radius 2 is 0.865 bits per heavy atom. The maximum Gasteiger partial charge on any atom is 0.306 e.